The molecule has 0 amide bonds. The van der Waals surface area contributed by atoms with Gasteiger partial charge in [0.1, 0.15) is 15.5 Å². The lowest BCUT2D eigenvalue weighted by Crippen LogP contribution is -2.06. The van der Waals surface area contributed by atoms with Gasteiger partial charge in [0.25, 0.3) is 46.0 Å². The van der Waals surface area contributed by atoms with Gasteiger partial charge in [-0.25, -0.2) is 0 Å². The molecule has 0 aliphatic heterocycles. The van der Waals surface area contributed by atoms with E-state index in [1.54, 1.807) is 0 Å². The van der Waals surface area contributed by atoms with E-state index in [4.69, 9.17) is 5.73 Å². The van der Waals surface area contributed by atoms with E-state index in [-0.39, 0.29) is 43.8 Å². The van der Waals surface area contributed by atoms with Crippen LogP contribution in [0, 0.1) is 0 Å². The van der Waals surface area contributed by atoms with Crippen LogP contribution >= 0.6 is 0 Å². The molecule has 1 heterocycles. The fourth-order valence-corrected chi connectivity index (χ4v) is 7.55. The molecule has 6 rings (SSSR count). The van der Waals surface area contributed by atoms with Crippen molar-refractivity contribution in [3.63, 3.8) is 0 Å². The number of benzene rings is 5. The number of nitrogens with one attached hydrogen (secondary N) is 1. The number of pyridine rings is 1. The Bertz CT molecular complexity index is 3220. The van der Waals surface area contributed by atoms with Gasteiger partial charge in [-0.2, -0.15) is 33.7 Å². The number of hydrogen-bond donors (Lipinski definition) is 8. The van der Waals surface area contributed by atoms with Gasteiger partial charge in [0.15, 0.2) is 17.2 Å². The Morgan fingerprint density at radius 2 is 1.02 bits per heavy atom. The normalized spacial score (nSPS) is 13.2. The number of aromatic nitrogens is 1. The fourth-order valence-electron chi connectivity index (χ4n) is 5.24. The Balaban J connectivity index is 1.53. The second kappa shape index (κ2) is 12.9. The molecule has 5 aromatic carbocycles. The Hall–Kier alpha value is -5.93. The summed E-state index contributed by atoms with van der Waals surface area (Å²) in [6.45, 7) is 0. The lowest BCUT2D eigenvalue weighted by molar-refractivity contribution is 0.472. The molecule has 0 radical (unpaired) electrons. The molecule has 0 aliphatic rings. The van der Waals surface area contributed by atoms with Crippen molar-refractivity contribution < 1.29 is 62.1 Å². The molecule has 0 fully saturated rings. The average Bonchev–Trinajstić information content (AvgIpc) is 3.06. The molecule has 9 N–H and O–H groups in total. The standard InChI is InChI=1S/C29H20N6O15S4/c30-19-11-16-12(7-23(19)53(45,46)47)8-24(54(48,49)50)25(27(16)36)34-33-22-6-5-21(15-3-1-13(9-17(15)22)51(39,40)41)32-35-26-28(37)18-10-14(52(42,43)44)2-4-20(18)31-29(26)38/h1-11,36H,30H2,(H2,31,37,38)(H,39,40,41)(H,42,43,44)(H,45,46,47)(H,48,49,50)/b34-33+,35-32+. The van der Waals surface area contributed by atoms with Crippen LogP contribution in [0.4, 0.5) is 28.4 Å². The smallest absolute Gasteiger partial charge is 0.296 e. The summed E-state index contributed by atoms with van der Waals surface area (Å²) in [6.07, 6.45) is 0. The number of H-pyrrole nitrogens is 1. The molecule has 0 spiro atoms. The molecule has 0 aliphatic carbocycles. The maximum absolute atomic E-state index is 12.8. The molecule has 0 saturated heterocycles. The minimum Gasteiger partial charge on any atom is -0.505 e. The van der Waals surface area contributed by atoms with Crippen LogP contribution < -0.4 is 11.3 Å². The molecule has 54 heavy (non-hydrogen) atoms. The van der Waals surface area contributed by atoms with Crippen molar-refractivity contribution in [2.75, 3.05) is 5.73 Å². The van der Waals surface area contributed by atoms with Gasteiger partial charge in [-0.1, -0.05) is 6.07 Å². The summed E-state index contributed by atoms with van der Waals surface area (Å²) < 4.78 is 134. The van der Waals surface area contributed by atoms with E-state index in [1.165, 1.54) is 6.07 Å². The highest BCUT2D eigenvalue weighted by molar-refractivity contribution is 7.86. The number of fused-ring (bicyclic) bond motifs is 3. The van der Waals surface area contributed by atoms with E-state index in [2.05, 4.69) is 25.4 Å². The average molecular weight is 821 g/mol. The lowest BCUT2D eigenvalue weighted by Gasteiger charge is -2.11. The Morgan fingerprint density at radius 1 is 0.519 bits per heavy atom. The molecule has 0 saturated carbocycles. The zero-order valence-corrected chi connectivity index (χ0v) is 29.5. The summed E-state index contributed by atoms with van der Waals surface area (Å²) in [5.74, 6) is -1.80. The number of aromatic hydroxyl groups is 2. The quantitative estimate of drug-likeness (QED) is 0.0588. The molecule has 21 nitrogen and oxygen atoms in total. The van der Waals surface area contributed by atoms with E-state index in [9.17, 15) is 66.9 Å². The number of rotatable bonds is 8. The van der Waals surface area contributed by atoms with Crippen LogP contribution in [-0.2, 0) is 40.5 Å². The lowest BCUT2D eigenvalue weighted by atomic mass is 10.1. The maximum Gasteiger partial charge on any atom is 0.296 e. The van der Waals surface area contributed by atoms with Crippen LogP contribution in [0.1, 0.15) is 0 Å². The van der Waals surface area contributed by atoms with Crippen molar-refractivity contribution >= 4 is 101 Å². The van der Waals surface area contributed by atoms with Crippen LogP contribution in [-0.4, -0.2) is 67.1 Å². The molecule has 1 aromatic heterocycles. The van der Waals surface area contributed by atoms with Gasteiger partial charge >= 0.3 is 0 Å². The van der Waals surface area contributed by atoms with Crippen molar-refractivity contribution in [2.24, 2.45) is 20.5 Å². The number of anilines is 1. The molecule has 6 aromatic rings. The summed E-state index contributed by atoms with van der Waals surface area (Å²) in [5, 5.41) is 36.2. The van der Waals surface area contributed by atoms with E-state index in [1.807, 2.05) is 0 Å². The van der Waals surface area contributed by atoms with Crippen molar-refractivity contribution in [1.82, 2.24) is 4.98 Å². The monoisotopic (exact) mass is 820 g/mol. The summed E-state index contributed by atoms with van der Waals surface area (Å²) in [6, 6.07) is 10.6. The Kier molecular flexibility index (Phi) is 9.02. The Labute approximate surface area is 301 Å². The highest BCUT2D eigenvalue weighted by atomic mass is 32.2. The van der Waals surface area contributed by atoms with Gasteiger partial charge in [0.05, 0.1) is 32.4 Å². The molecule has 25 heteroatoms. The van der Waals surface area contributed by atoms with Crippen molar-refractivity contribution in [3.8, 4) is 11.5 Å². The number of nitrogens with zero attached hydrogens (tertiary/aromatic N) is 4. The predicted octanol–water partition coefficient (Wildman–Crippen LogP) is 4.65. The highest BCUT2D eigenvalue weighted by Gasteiger charge is 2.25. The maximum atomic E-state index is 12.8. The zero-order chi connectivity index (χ0) is 39.7. The van der Waals surface area contributed by atoms with E-state index >= 15 is 0 Å². The first-order chi connectivity index (χ1) is 24.9. The van der Waals surface area contributed by atoms with Crippen molar-refractivity contribution in [2.45, 2.75) is 19.6 Å². The number of hydrogen-bond acceptors (Lipinski definition) is 16. The van der Waals surface area contributed by atoms with Crippen LogP contribution in [0.25, 0.3) is 32.4 Å². The summed E-state index contributed by atoms with van der Waals surface area (Å²) in [7, 11) is -19.7. The first-order valence-corrected chi connectivity index (χ1v) is 20.0. The van der Waals surface area contributed by atoms with Crippen LogP contribution in [0.15, 0.2) is 112 Å². The second-order valence-corrected chi connectivity index (χ2v) is 16.8. The number of nitrogen functional groups attached to an aromatic ring is 1. The van der Waals surface area contributed by atoms with Crippen LogP contribution in [0.5, 0.6) is 11.5 Å². The van der Waals surface area contributed by atoms with E-state index < -0.39 is 94.2 Å². The number of aromatic amines is 1. The zero-order valence-electron chi connectivity index (χ0n) is 26.2. The molecule has 280 valence electrons. The molecule has 0 atom stereocenters. The molecular weight excluding hydrogens is 801 g/mol. The summed E-state index contributed by atoms with van der Waals surface area (Å²) in [4.78, 5) is 11.9. The highest BCUT2D eigenvalue weighted by Crippen LogP contribution is 2.44. The van der Waals surface area contributed by atoms with Gasteiger partial charge in [-0.15, -0.1) is 20.5 Å². The predicted molar refractivity (Wildman–Crippen MR) is 188 cm³/mol. The van der Waals surface area contributed by atoms with Crippen molar-refractivity contribution in [3.05, 3.63) is 77.1 Å². The number of phenolic OH excluding ortho intramolecular Hbond substituents is 1. The first-order valence-electron chi connectivity index (χ1n) is 14.2. The number of azo groups is 2. The van der Waals surface area contributed by atoms with Crippen molar-refractivity contribution in [1.29, 1.82) is 0 Å². The number of phenols is 1. The molecule has 0 bridgehead atoms. The Morgan fingerprint density at radius 3 is 1.59 bits per heavy atom. The van der Waals surface area contributed by atoms with E-state index in [0.29, 0.717) is 6.07 Å². The minimum atomic E-state index is -5.24. The first kappa shape index (κ1) is 37.8. The van der Waals surface area contributed by atoms with Gasteiger partial charge < -0.3 is 20.9 Å². The van der Waals surface area contributed by atoms with Gasteiger partial charge in [0, 0.05) is 21.5 Å². The minimum absolute atomic E-state index is 0.00350. The third-order valence-electron chi connectivity index (χ3n) is 7.72. The fraction of sp³-hybridized carbons (Fsp3) is 0. The third kappa shape index (κ3) is 7.07. The largest absolute Gasteiger partial charge is 0.505 e. The number of nitrogens with two attached hydrogens (primary N) is 1. The van der Waals surface area contributed by atoms with Gasteiger partial charge in [-0.05, 0) is 66.0 Å². The summed E-state index contributed by atoms with van der Waals surface area (Å²) >= 11 is 0. The second-order valence-electron chi connectivity index (χ2n) is 11.2. The SMILES string of the molecule is Nc1cc2c(O)c(/N=N/c3ccc(/N=N/c4c(O)c5cc(S(=O)(=O)O)ccc5[nH]c4=O)c4ccc(S(=O)(=O)O)cc34)c(S(=O)(=O)O)cc2cc1S(=O)(=O)O. The summed E-state index contributed by atoms with van der Waals surface area (Å²) in [5.41, 5.74) is 2.13. The van der Waals surface area contributed by atoms with Gasteiger partial charge in [-0.3, -0.25) is 23.0 Å². The molecular formula is C29H20N6O15S4. The van der Waals surface area contributed by atoms with Gasteiger partial charge in [0.2, 0.25) is 0 Å². The van der Waals surface area contributed by atoms with E-state index in [0.717, 1.165) is 54.6 Å². The molecule has 0 unspecified atom stereocenters. The topological polar surface area (TPSA) is 366 Å². The third-order valence-corrected chi connectivity index (χ3v) is 11.2. The van der Waals surface area contributed by atoms with Crippen LogP contribution in [0.3, 0.4) is 0 Å². The van der Waals surface area contributed by atoms with Crippen LogP contribution in [0.2, 0.25) is 0 Å².